The van der Waals surface area contributed by atoms with Gasteiger partial charge in [-0.3, -0.25) is 9.24 Å². The monoisotopic (exact) mass is 364 g/mol. The number of rotatable bonds is 3. The predicted octanol–water partition coefficient (Wildman–Crippen LogP) is 4.68. The molecular formula is C20H17N2OPS. The van der Waals surface area contributed by atoms with Gasteiger partial charge < -0.3 is 5.32 Å². The van der Waals surface area contributed by atoms with E-state index < -0.39 is 7.29 Å². The molecule has 4 rings (SSSR count). The Kier molecular flexibility index (Phi) is 4.16. The first-order chi connectivity index (χ1) is 12.2. The summed E-state index contributed by atoms with van der Waals surface area (Å²) in [4.78, 5) is 0. The Morgan fingerprint density at radius 1 is 0.800 bits per heavy atom. The summed E-state index contributed by atoms with van der Waals surface area (Å²) in [7, 11) is -3.06. The normalized spacial score (nSPS) is 22.6. The lowest BCUT2D eigenvalue weighted by Gasteiger charge is -2.28. The fourth-order valence-electron chi connectivity index (χ4n) is 3.20. The number of anilines is 1. The summed E-state index contributed by atoms with van der Waals surface area (Å²) >= 11 is 5.59. The number of para-hydroxylation sites is 1. The first-order valence-electron chi connectivity index (χ1n) is 8.08. The van der Waals surface area contributed by atoms with E-state index in [-0.39, 0.29) is 5.78 Å². The third kappa shape index (κ3) is 2.68. The van der Waals surface area contributed by atoms with Gasteiger partial charge in [0, 0.05) is 5.30 Å². The van der Waals surface area contributed by atoms with Crippen LogP contribution < -0.4 is 15.3 Å². The summed E-state index contributed by atoms with van der Waals surface area (Å²) in [5, 5.41) is 4.59. The van der Waals surface area contributed by atoms with Crippen LogP contribution in [0.5, 0.6) is 0 Å². The van der Waals surface area contributed by atoms with Gasteiger partial charge in [-0.05, 0) is 42.0 Å². The average Bonchev–Trinajstić information content (AvgIpc) is 2.95. The highest BCUT2D eigenvalue weighted by molar-refractivity contribution is 7.84. The van der Waals surface area contributed by atoms with Crippen molar-refractivity contribution in [1.82, 2.24) is 5.32 Å². The fourth-order valence-corrected chi connectivity index (χ4v) is 6.91. The lowest BCUT2D eigenvalue weighted by Crippen LogP contribution is -2.27. The molecular weight excluding hydrogens is 347 g/mol. The van der Waals surface area contributed by atoms with E-state index in [4.69, 9.17) is 12.2 Å². The Hall–Kier alpha value is -2.42. The third-order valence-electron chi connectivity index (χ3n) is 4.34. The van der Waals surface area contributed by atoms with Gasteiger partial charge in [-0.25, -0.2) is 0 Å². The van der Waals surface area contributed by atoms with Crippen molar-refractivity contribution >= 4 is 35.6 Å². The van der Waals surface area contributed by atoms with Crippen LogP contribution in [-0.4, -0.2) is 5.11 Å². The second-order valence-corrected chi connectivity index (χ2v) is 8.93. The summed E-state index contributed by atoms with van der Waals surface area (Å²) in [5.41, 5.74) is 1.81. The zero-order valence-electron chi connectivity index (χ0n) is 13.4. The lowest BCUT2D eigenvalue weighted by molar-refractivity contribution is 0.574. The van der Waals surface area contributed by atoms with Crippen molar-refractivity contribution in [3.05, 3.63) is 96.6 Å². The van der Waals surface area contributed by atoms with Gasteiger partial charge in [-0.2, -0.15) is 0 Å². The van der Waals surface area contributed by atoms with Gasteiger partial charge in [0.1, 0.15) is 5.78 Å². The van der Waals surface area contributed by atoms with E-state index in [0.717, 1.165) is 16.6 Å². The van der Waals surface area contributed by atoms with Gasteiger partial charge in [0.25, 0.3) is 0 Å². The van der Waals surface area contributed by atoms with Crippen LogP contribution in [-0.2, 0) is 4.57 Å². The topological polar surface area (TPSA) is 32.3 Å². The molecule has 1 saturated heterocycles. The first-order valence-corrected chi connectivity index (χ1v) is 10.2. The van der Waals surface area contributed by atoms with Crippen LogP contribution >= 0.6 is 19.5 Å². The molecule has 2 atom stereocenters. The molecule has 5 heteroatoms. The van der Waals surface area contributed by atoms with Crippen LogP contribution in [0.4, 0.5) is 5.69 Å². The van der Waals surface area contributed by atoms with Crippen molar-refractivity contribution in [3.8, 4) is 0 Å². The molecule has 25 heavy (non-hydrogen) atoms. The molecule has 0 amide bonds. The van der Waals surface area contributed by atoms with Crippen molar-refractivity contribution in [2.75, 3.05) is 4.67 Å². The number of hydrogen-bond acceptors (Lipinski definition) is 2. The van der Waals surface area contributed by atoms with Gasteiger partial charge in [0.15, 0.2) is 5.11 Å². The zero-order chi connectivity index (χ0) is 17.3. The summed E-state index contributed by atoms with van der Waals surface area (Å²) in [6.07, 6.45) is 0. The summed E-state index contributed by atoms with van der Waals surface area (Å²) in [5.74, 6) is -0.371. The number of nitrogens with zero attached hydrogens (tertiary/aromatic N) is 1. The maximum absolute atomic E-state index is 14.5. The van der Waals surface area contributed by atoms with Gasteiger partial charge >= 0.3 is 0 Å². The quantitative estimate of drug-likeness (QED) is 0.540. The molecule has 1 aliphatic heterocycles. The van der Waals surface area contributed by atoms with Crippen molar-refractivity contribution in [2.45, 2.75) is 5.78 Å². The highest BCUT2D eigenvalue weighted by Crippen LogP contribution is 2.64. The zero-order valence-corrected chi connectivity index (χ0v) is 15.2. The van der Waals surface area contributed by atoms with Gasteiger partial charge in [0.2, 0.25) is 7.29 Å². The van der Waals surface area contributed by atoms with Crippen LogP contribution in [0.1, 0.15) is 11.3 Å². The second kappa shape index (κ2) is 6.47. The van der Waals surface area contributed by atoms with E-state index >= 15 is 0 Å². The van der Waals surface area contributed by atoms with E-state index in [1.165, 1.54) is 0 Å². The van der Waals surface area contributed by atoms with Crippen LogP contribution in [0.25, 0.3) is 0 Å². The molecule has 1 fully saturated rings. The molecule has 0 unspecified atom stereocenters. The van der Waals surface area contributed by atoms with Crippen molar-refractivity contribution in [3.63, 3.8) is 0 Å². The molecule has 0 spiro atoms. The number of hydrogen-bond donors (Lipinski definition) is 1. The molecule has 0 bridgehead atoms. The standard InChI is InChI=1S/C20H17N2OPS/c23-24(18-14-8-3-9-15-18)19(16-10-4-1-5-11-16)21-20(25)22(24)17-12-6-2-7-13-17/h1-15,19H,(H,21,25)/t19-,24-/m1/s1. The van der Waals surface area contributed by atoms with Crippen LogP contribution in [0.15, 0.2) is 91.0 Å². The molecule has 1 N–H and O–H groups in total. The van der Waals surface area contributed by atoms with E-state index in [2.05, 4.69) is 5.32 Å². The molecule has 1 heterocycles. The van der Waals surface area contributed by atoms with E-state index in [0.29, 0.717) is 5.11 Å². The summed E-state index contributed by atoms with van der Waals surface area (Å²) < 4.78 is 16.3. The Morgan fingerprint density at radius 3 is 1.92 bits per heavy atom. The number of benzene rings is 3. The van der Waals surface area contributed by atoms with Crippen molar-refractivity contribution in [1.29, 1.82) is 0 Å². The van der Waals surface area contributed by atoms with Gasteiger partial charge in [-0.15, -0.1) is 0 Å². The SMILES string of the molecule is O=[P@]1(c2ccccc2)[C@H](c2ccccc2)NC(=S)N1c1ccccc1. The Labute approximate surface area is 152 Å². The van der Waals surface area contributed by atoms with Gasteiger partial charge in [0.05, 0.1) is 5.69 Å². The molecule has 1 aliphatic rings. The second-order valence-electron chi connectivity index (χ2n) is 5.87. The summed E-state index contributed by atoms with van der Waals surface area (Å²) in [6.45, 7) is 0. The summed E-state index contributed by atoms with van der Waals surface area (Å²) in [6, 6.07) is 29.2. The molecule has 3 aromatic carbocycles. The molecule has 0 aliphatic carbocycles. The Balaban J connectivity index is 1.93. The first kappa shape index (κ1) is 16.1. The van der Waals surface area contributed by atoms with E-state index in [1.54, 1.807) is 4.67 Å². The molecule has 3 nitrogen and oxygen atoms in total. The van der Waals surface area contributed by atoms with E-state index in [9.17, 15) is 4.57 Å². The largest absolute Gasteiger partial charge is 0.346 e. The minimum Gasteiger partial charge on any atom is -0.346 e. The highest BCUT2D eigenvalue weighted by Gasteiger charge is 2.49. The Morgan fingerprint density at radius 2 is 1.32 bits per heavy atom. The number of thiocarbonyl (C=S) groups is 1. The minimum absolute atomic E-state index is 0.371. The van der Waals surface area contributed by atoms with Gasteiger partial charge in [-0.1, -0.05) is 66.7 Å². The maximum Gasteiger partial charge on any atom is 0.232 e. The predicted molar refractivity (Wildman–Crippen MR) is 108 cm³/mol. The molecule has 0 saturated carbocycles. The van der Waals surface area contributed by atoms with Crippen molar-refractivity contribution < 1.29 is 4.57 Å². The molecule has 0 aromatic heterocycles. The smallest absolute Gasteiger partial charge is 0.232 e. The fraction of sp³-hybridized carbons (Fsp3) is 0.0500. The average molecular weight is 364 g/mol. The molecule has 0 radical (unpaired) electrons. The van der Waals surface area contributed by atoms with Crippen LogP contribution in [0.2, 0.25) is 0 Å². The number of nitrogens with one attached hydrogen (secondary N) is 1. The third-order valence-corrected chi connectivity index (χ3v) is 7.97. The molecule has 124 valence electrons. The van der Waals surface area contributed by atoms with Crippen molar-refractivity contribution in [2.24, 2.45) is 0 Å². The van der Waals surface area contributed by atoms with Crippen LogP contribution in [0, 0.1) is 0 Å². The maximum atomic E-state index is 14.5. The molecule has 3 aromatic rings. The Bertz CT molecular complexity index is 932. The van der Waals surface area contributed by atoms with E-state index in [1.807, 2.05) is 91.0 Å². The highest BCUT2D eigenvalue weighted by atomic mass is 32.1. The van der Waals surface area contributed by atoms with Crippen LogP contribution in [0.3, 0.4) is 0 Å². The lowest BCUT2D eigenvalue weighted by atomic mass is 10.2. The minimum atomic E-state index is -3.06.